The lowest BCUT2D eigenvalue weighted by molar-refractivity contribution is -0.161. The lowest BCUT2D eigenvalue weighted by atomic mass is 10.1. The molecule has 0 fully saturated rings. The van der Waals surface area contributed by atoms with E-state index in [0.29, 0.717) is 32.1 Å². The highest BCUT2D eigenvalue weighted by Gasteiger charge is 2.16. The number of aliphatic hydroxyl groups is 2. The standard InChI is InChI=1S/C17H32O5.C13H24O5/c1-3-5-7-8-10-12-17(20)22-15(13-18)14-21-16(19)11-9-6-4-2;1-3-5-6-8-12(15)17-10-11(9-14)18-13(16)7-4-2/h15,18H,3-14H2,1-2H3;11,14H,3-10H2,1-2H3. The summed E-state index contributed by atoms with van der Waals surface area (Å²) >= 11 is 0. The summed E-state index contributed by atoms with van der Waals surface area (Å²) in [6.07, 6.45) is 11.5. The number of hydrogen-bond donors (Lipinski definition) is 2. The molecule has 10 heteroatoms. The molecule has 2 unspecified atom stereocenters. The van der Waals surface area contributed by atoms with Gasteiger partial charge in [-0.1, -0.05) is 79.1 Å². The van der Waals surface area contributed by atoms with Crippen LogP contribution < -0.4 is 0 Å². The molecule has 0 heterocycles. The Balaban J connectivity index is 0. The highest BCUT2D eigenvalue weighted by molar-refractivity contribution is 5.71. The molecule has 0 aromatic heterocycles. The van der Waals surface area contributed by atoms with Crippen molar-refractivity contribution in [2.24, 2.45) is 0 Å². The van der Waals surface area contributed by atoms with Crippen molar-refractivity contribution in [3.05, 3.63) is 0 Å². The van der Waals surface area contributed by atoms with Gasteiger partial charge in [0.25, 0.3) is 0 Å². The minimum atomic E-state index is -0.752. The highest BCUT2D eigenvalue weighted by atomic mass is 16.6. The number of unbranched alkanes of at least 4 members (excludes halogenated alkanes) is 8. The summed E-state index contributed by atoms with van der Waals surface area (Å²) in [4.78, 5) is 45.6. The van der Waals surface area contributed by atoms with Crippen molar-refractivity contribution in [2.45, 2.75) is 143 Å². The second-order valence-electron chi connectivity index (χ2n) is 9.78. The molecule has 0 saturated carbocycles. The number of hydrogen-bond acceptors (Lipinski definition) is 10. The van der Waals surface area contributed by atoms with E-state index in [2.05, 4.69) is 20.8 Å². The molecule has 0 aromatic rings. The summed E-state index contributed by atoms with van der Waals surface area (Å²) in [5.74, 6) is -1.33. The Kier molecular flexibility index (Phi) is 29.7. The third kappa shape index (κ3) is 27.4. The molecule has 0 aliphatic carbocycles. The third-order valence-corrected chi connectivity index (χ3v) is 5.77. The van der Waals surface area contributed by atoms with Crippen LogP contribution in [0.5, 0.6) is 0 Å². The van der Waals surface area contributed by atoms with Gasteiger partial charge in [-0.2, -0.15) is 0 Å². The maximum atomic E-state index is 11.6. The van der Waals surface area contributed by atoms with E-state index in [0.717, 1.165) is 57.8 Å². The van der Waals surface area contributed by atoms with Crippen LogP contribution in [0.15, 0.2) is 0 Å². The Morgan fingerprint density at radius 3 is 1.23 bits per heavy atom. The van der Waals surface area contributed by atoms with Gasteiger partial charge in [-0.25, -0.2) is 0 Å². The molecule has 0 radical (unpaired) electrons. The minimum absolute atomic E-state index is 0.0664. The lowest BCUT2D eigenvalue weighted by Crippen LogP contribution is -2.28. The molecule has 2 atom stereocenters. The second kappa shape index (κ2) is 29.8. The van der Waals surface area contributed by atoms with Gasteiger partial charge < -0.3 is 29.2 Å². The van der Waals surface area contributed by atoms with Gasteiger partial charge in [0.2, 0.25) is 0 Å². The van der Waals surface area contributed by atoms with E-state index in [4.69, 9.17) is 24.1 Å². The first kappa shape index (κ1) is 39.9. The predicted molar refractivity (Wildman–Crippen MR) is 152 cm³/mol. The minimum Gasteiger partial charge on any atom is -0.462 e. The van der Waals surface area contributed by atoms with Crippen molar-refractivity contribution >= 4 is 23.9 Å². The fourth-order valence-corrected chi connectivity index (χ4v) is 3.37. The first-order valence-corrected chi connectivity index (χ1v) is 15.2. The summed E-state index contributed by atoms with van der Waals surface area (Å²) in [6.45, 7) is 7.32. The van der Waals surface area contributed by atoms with E-state index in [9.17, 15) is 24.3 Å². The smallest absolute Gasteiger partial charge is 0.306 e. The molecule has 0 amide bonds. The topological polar surface area (TPSA) is 146 Å². The van der Waals surface area contributed by atoms with Crippen LogP contribution in [-0.2, 0) is 38.1 Å². The summed E-state index contributed by atoms with van der Waals surface area (Å²) in [7, 11) is 0. The Hall–Kier alpha value is -2.20. The van der Waals surface area contributed by atoms with Crippen LogP contribution in [0, 0.1) is 0 Å². The van der Waals surface area contributed by atoms with E-state index in [-0.39, 0.29) is 50.3 Å². The quantitative estimate of drug-likeness (QED) is 0.0894. The van der Waals surface area contributed by atoms with Crippen molar-refractivity contribution in [3.63, 3.8) is 0 Å². The first-order valence-electron chi connectivity index (χ1n) is 15.2. The number of carbonyl (C=O) groups excluding carboxylic acids is 4. The van der Waals surface area contributed by atoms with Gasteiger partial charge in [-0.3, -0.25) is 19.2 Å². The monoisotopic (exact) mass is 576 g/mol. The van der Waals surface area contributed by atoms with Gasteiger partial charge in [-0.15, -0.1) is 0 Å². The average Bonchev–Trinajstić information content (AvgIpc) is 2.94. The largest absolute Gasteiger partial charge is 0.462 e. The summed E-state index contributed by atoms with van der Waals surface area (Å²) in [6, 6.07) is 0. The van der Waals surface area contributed by atoms with Gasteiger partial charge in [0.05, 0.1) is 13.2 Å². The molecule has 0 bridgehead atoms. The summed E-state index contributed by atoms with van der Waals surface area (Å²) in [5, 5.41) is 18.2. The van der Waals surface area contributed by atoms with Gasteiger partial charge in [0, 0.05) is 25.7 Å². The molecular weight excluding hydrogens is 520 g/mol. The zero-order valence-corrected chi connectivity index (χ0v) is 25.5. The van der Waals surface area contributed by atoms with Gasteiger partial charge in [-0.05, 0) is 25.7 Å². The van der Waals surface area contributed by atoms with E-state index >= 15 is 0 Å². The molecule has 236 valence electrons. The molecule has 0 aliphatic rings. The van der Waals surface area contributed by atoms with Crippen molar-refractivity contribution in [2.75, 3.05) is 26.4 Å². The molecule has 10 nitrogen and oxygen atoms in total. The summed E-state index contributed by atoms with van der Waals surface area (Å²) < 4.78 is 20.0. The maximum absolute atomic E-state index is 11.6. The molecule has 0 spiro atoms. The van der Waals surface area contributed by atoms with Crippen LogP contribution in [0.3, 0.4) is 0 Å². The van der Waals surface area contributed by atoms with E-state index in [1.807, 2.05) is 6.92 Å². The number of carbonyl (C=O) groups is 4. The van der Waals surface area contributed by atoms with Crippen LogP contribution >= 0.6 is 0 Å². The van der Waals surface area contributed by atoms with Gasteiger partial charge >= 0.3 is 23.9 Å². The van der Waals surface area contributed by atoms with Crippen LogP contribution in [0.25, 0.3) is 0 Å². The van der Waals surface area contributed by atoms with E-state index < -0.39 is 12.2 Å². The van der Waals surface area contributed by atoms with Crippen LogP contribution in [-0.4, -0.2) is 72.7 Å². The summed E-state index contributed by atoms with van der Waals surface area (Å²) in [5.41, 5.74) is 0. The van der Waals surface area contributed by atoms with Crippen molar-refractivity contribution < 1.29 is 48.3 Å². The maximum Gasteiger partial charge on any atom is 0.306 e. The normalized spacial score (nSPS) is 11.9. The predicted octanol–water partition coefficient (Wildman–Crippen LogP) is 5.19. The van der Waals surface area contributed by atoms with E-state index in [1.54, 1.807) is 0 Å². The second-order valence-corrected chi connectivity index (χ2v) is 9.78. The Morgan fingerprint density at radius 2 is 0.825 bits per heavy atom. The fourth-order valence-electron chi connectivity index (χ4n) is 3.37. The zero-order valence-electron chi connectivity index (χ0n) is 25.5. The lowest BCUT2D eigenvalue weighted by Gasteiger charge is -2.15. The molecule has 0 aliphatic heterocycles. The first-order chi connectivity index (χ1) is 19.3. The molecule has 0 aromatic carbocycles. The molecule has 2 N–H and O–H groups in total. The van der Waals surface area contributed by atoms with Crippen LogP contribution in [0.1, 0.15) is 130 Å². The Bertz CT molecular complexity index is 638. The van der Waals surface area contributed by atoms with Crippen molar-refractivity contribution in [3.8, 4) is 0 Å². The molecule has 40 heavy (non-hydrogen) atoms. The Labute approximate surface area is 241 Å². The third-order valence-electron chi connectivity index (χ3n) is 5.77. The zero-order chi connectivity index (χ0) is 30.4. The van der Waals surface area contributed by atoms with Gasteiger partial charge in [0.15, 0.2) is 12.2 Å². The van der Waals surface area contributed by atoms with Crippen molar-refractivity contribution in [1.82, 2.24) is 0 Å². The highest BCUT2D eigenvalue weighted by Crippen LogP contribution is 2.08. The van der Waals surface area contributed by atoms with Gasteiger partial charge in [0.1, 0.15) is 13.2 Å². The Morgan fingerprint density at radius 1 is 0.475 bits per heavy atom. The fraction of sp³-hybridized carbons (Fsp3) is 0.867. The number of rotatable bonds is 24. The van der Waals surface area contributed by atoms with Crippen LogP contribution in [0.2, 0.25) is 0 Å². The number of ether oxygens (including phenoxy) is 4. The molecule has 0 rings (SSSR count). The van der Waals surface area contributed by atoms with Crippen molar-refractivity contribution in [1.29, 1.82) is 0 Å². The number of esters is 4. The molecular formula is C30H56O10. The van der Waals surface area contributed by atoms with E-state index in [1.165, 1.54) is 12.8 Å². The average molecular weight is 577 g/mol. The SMILES string of the molecule is CCCCCC(=O)OCC(CO)OC(=O)CCC.CCCCCCCC(=O)OC(CO)COC(=O)CCCCC. The molecule has 0 saturated heterocycles. The number of aliphatic hydroxyl groups excluding tert-OH is 2. The van der Waals surface area contributed by atoms with Crippen LogP contribution in [0.4, 0.5) is 0 Å².